The van der Waals surface area contributed by atoms with E-state index in [1.165, 1.54) is 6.92 Å². The van der Waals surface area contributed by atoms with Gasteiger partial charge in [-0.3, -0.25) is 4.79 Å². The van der Waals surface area contributed by atoms with E-state index in [-0.39, 0.29) is 37.0 Å². The summed E-state index contributed by atoms with van der Waals surface area (Å²) in [5.74, 6) is 0.0349. The molecule has 0 aliphatic carbocycles. The Morgan fingerprint density at radius 1 is 1.18 bits per heavy atom. The Morgan fingerprint density at radius 2 is 1.89 bits per heavy atom. The molecule has 1 rings (SSSR count). The van der Waals surface area contributed by atoms with Gasteiger partial charge in [0.1, 0.15) is 6.61 Å². The van der Waals surface area contributed by atoms with Gasteiger partial charge in [-0.1, -0.05) is 18.1 Å². The number of rotatable bonds is 15. The molecule has 0 aromatic carbocycles. The molecule has 0 aromatic rings. The van der Waals surface area contributed by atoms with E-state index in [9.17, 15) is 14.7 Å². The molecule has 2 unspecified atom stereocenters. The maximum atomic E-state index is 11.4. The van der Waals surface area contributed by atoms with E-state index in [1.54, 1.807) is 0 Å². The van der Waals surface area contributed by atoms with Gasteiger partial charge in [-0.15, -0.1) is 0 Å². The summed E-state index contributed by atoms with van der Waals surface area (Å²) in [4.78, 5) is 22.5. The topological polar surface area (TPSA) is 93.1 Å². The monoisotopic (exact) mass is 396 g/mol. The summed E-state index contributed by atoms with van der Waals surface area (Å²) in [7, 11) is 0. The van der Waals surface area contributed by atoms with Crippen molar-refractivity contribution in [1.82, 2.24) is 0 Å². The number of ether oxygens (including phenoxy) is 2. The molecular weight excluding hydrogens is 360 g/mol. The second kappa shape index (κ2) is 14.4. The first-order valence-corrected chi connectivity index (χ1v) is 10.3. The van der Waals surface area contributed by atoms with E-state index in [0.29, 0.717) is 19.6 Å². The zero-order valence-corrected chi connectivity index (χ0v) is 17.3. The molecule has 0 spiro atoms. The van der Waals surface area contributed by atoms with E-state index >= 15 is 0 Å². The van der Waals surface area contributed by atoms with Crippen molar-refractivity contribution < 1.29 is 29.3 Å². The SMILES string of the molecule is CC(=O)OCC(CCC=C(C)CO)CCCC(CO)CCCC1=CCOC1=O. The molecular formula is C22H36O6. The van der Waals surface area contributed by atoms with Gasteiger partial charge in [0.15, 0.2) is 0 Å². The molecule has 0 amide bonds. The largest absolute Gasteiger partial charge is 0.466 e. The zero-order valence-electron chi connectivity index (χ0n) is 17.3. The number of hydrogen-bond donors (Lipinski definition) is 2. The molecule has 0 aromatic heterocycles. The van der Waals surface area contributed by atoms with Crippen LogP contribution in [0.15, 0.2) is 23.3 Å². The maximum Gasteiger partial charge on any atom is 0.334 e. The van der Waals surface area contributed by atoms with Gasteiger partial charge in [0.2, 0.25) is 0 Å². The van der Waals surface area contributed by atoms with Crippen LogP contribution in [-0.4, -0.2) is 48.6 Å². The normalized spacial score (nSPS) is 16.5. The predicted molar refractivity (Wildman–Crippen MR) is 108 cm³/mol. The Bertz CT molecular complexity index is 537. The first kappa shape index (κ1) is 24.4. The van der Waals surface area contributed by atoms with Crippen LogP contribution in [0.3, 0.4) is 0 Å². The fourth-order valence-electron chi connectivity index (χ4n) is 3.38. The van der Waals surface area contributed by atoms with Crippen molar-refractivity contribution in [3.8, 4) is 0 Å². The number of hydrogen-bond acceptors (Lipinski definition) is 6. The molecule has 0 saturated heterocycles. The van der Waals surface area contributed by atoms with Crippen molar-refractivity contribution in [1.29, 1.82) is 0 Å². The molecule has 0 bridgehead atoms. The highest BCUT2D eigenvalue weighted by atomic mass is 16.5. The smallest absolute Gasteiger partial charge is 0.334 e. The van der Waals surface area contributed by atoms with E-state index in [0.717, 1.165) is 56.1 Å². The van der Waals surface area contributed by atoms with Gasteiger partial charge in [0, 0.05) is 19.1 Å². The number of aliphatic hydroxyl groups excluding tert-OH is 2. The Balaban J connectivity index is 2.32. The number of esters is 2. The summed E-state index contributed by atoms with van der Waals surface area (Å²) in [6.45, 7) is 4.34. The van der Waals surface area contributed by atoms with Crippen LogP contribution < -0.4 is 0 Å². The minimum atomic E-state index is -0.264. The highest BCUT2D eigenvalue weighted by Crippen LogP contribution is 2.23. The molecule has 1 heterocycles. The quantitative estimate of drug-likeness (QED) is 0.326. The van der Waals surface area contributed by atoms with Gasteiger partial charge in [0.05, 0.1) is 13.2 Å². The minimum absolute atomic E-state index is 0.0709. The summed E-state index contributed by atoms with van der Waals surface area (Å²) in [6, 6.07) is 0. The van der Waals surface area contributed by atoms with E-state index in [1.807, 2.05) is 19.1 Å². The molecule has 0 saturated carbocycles. The lowest BCUT2D eigenvalue weighted by Crippen LogP contribution is -2.14. The Hall–Kier alpha value is -1.66. The first-order chi connectivity index (χ1) is 13.5. The summed E-state index contributed by atoms with van der Waals surface area (Å²) in [5, 5.41) is 18.7. The van der Waals surface area contributed by atoms with Crippen LogP contribution >= 0.6 is 0 Å². The average molecular weight is 397 g/mol. The van der Waals surface area contributed by atoms with Gasteiger partial charge in [-0.05, 0) is 69.8 Å². The average Bonchev–Trinajstić information content (AvgIpc) is 3.08. The Labute approximate surface area is 168 Å². The van der Waals surface area contributed by atoms with Gasteiger partial charge < -0.3 is 19.7 Å². The summed E-state index contributed by atoms with van der Waals surface area (Å²) < 4.78 is 10.1. The van der Waals surface area contributed by atoms with E-state index < -0.39 is 0 Å². The lowest BCUT2D eigenvalue weighted by Gasteiger charge is -2.18. The van der Waals surface area contributed by atoms with Crippen LogP contribution in [0.25, 0.3) is 0 Å². The Kier molecular flexibility index (Phi) is 12.5. The van der Waals surface area contributed by atoms with E-state index in [4.69, 9.17) is 14.6 Å². The number of cyclic esters (lactones) is 1. The van der Waals surface area contributed by atoms with Crippen LogP contribution in [0.4, 0.5) is 0 Å². The number of carbonyl (C=O) groups excluding carboxylic acids is 2. The molecule has 6 heteroatoms. The summed E-state index contributed by atoms with van der Waals surface area (Å²) >= 11 is 0. The molecule has 0 radical (unpaired) electrons. The lowest BCUT2D eigenvalue weighted by molar-refractivity contribution is -0.142. The number of allylic oxidation sites excluding steroid dienone is 1. The predicted octanol–water partition coefficient (Wildman–Crippen LogP) is 3.32. The minimum Gasteiger partial charge on any atom is -0.466 e. The number of aliphatic hydroxyl groups is 2. The molecule has 28 heavy (non-hydrogen) atoms. The molecule has 2 atom stereocenters. The standard InChI is InChI=1S/C22H36O6/c1-17(14-23)6-3-9-20(16-28-18(2)25)10-4-7-19(15-24)8-5-11-21-12-13-27-22(21)26/h6,12,19-20,23-24H,3-5,7-11,13-16H2,1-2H3. The third-order valence-electron chi connectivity index (χ3n) is 5.19. The van der Waals surface area contributed by atoms with Crippen LogP contribution in [0.1, 0.15) is 65.2 Å². The summed E-state index contributed by atoms with van der Waals surface area (Å²) in [5.41, 5.74) is 1.71. The molecule has 160 valence electrons. The van der Waals surface area contributed by atoms with Crippen molar-refractivity contribution >= 4 is 11.9 Å². The van der Waals surface area contributed by atoms with Crippen LogP contribution in [0.5, 0.6) is 0 Å². The Morgan fingerprint density at radius 3 is 2.50 bits per heavy atom. The van der Waals surface area contributed by atoms with Gasteiger partial charge in [-0.2, -0.15) is 0 Å². The maximum absolute atomic E-state index is 11.4. The van der Waals surface area contributed by atoms with Gasteiger partial charge in [-0.25, -0.2) is 4.79 Å². The molecule has 1 aliphatic rings. The molecule has 1 aliphatic heterocycles. The van der Waals surface area contributed by atoms with Gasteiger partial charge >= 0.3 is 11.9 Å². The van der Waals surface area contributed by atoms with Crippen molar-refractivity contribution in [3.05, 3.63) is 23.3 Å². The lowest BCUT2D eigenvalue weighted by atomic mass is 9.91. The number of carbonyl (C=O) groups is 2. The fraction of sp³-hybridized carbons (Fsp3) is 0.727. The van der Waals surface area contributed by atoms with Crippen molar-refractivity contribution in [2.24, 2.45) is 11.8 Å². The van der Waals surface area contributed by atoms with Crippen molar-refractivity contribution in [3.63, 3.8) is 0 Å². The molecule has 6 nitrogen and oxygen atoms in total. The molecule has 0 fully saturated rings. The third-order valence-corrected chi connectivity index (χ3v) is 5.19. The highest BCUT2D eigenvalue weighted by Gasteiger charge is 2.17. The first-order valence-electron chi connectivity index (χ1n) is 10.3. The van der Waals surface area contributed by atoms with E-state index in [2.05, 4.69) is 0 Å². The highest BCUT2D eigenvalue weighted by molar-refractivity contribution is 5.90. The van der Waals surface area contributed by atoms with Crippen LogP contribution in [-0.2, 0) is 19.1 Å². The zero-order chi connectivity index (χ0) is 20.8. The molecule has 2 N–H and O–H groups in total. The summed E-state index contributed by atoms with van der Waals surface area (Å²) in [6.07, 6.45) is 10.9. The van der Waals surface area contributed by atoms with Crippen LogP contribution in [0.2, 0.25) is 0 Å². The van der Waals surface area contributed by atoms with Crippen molar-refractivity contribution in [2.45, 2.75) is 65.2 Å². The fourth-order valence-corrected chi connectivity index (χ4v) is 3.38. The van der Waals surface area contributed by atoms with Crippen LogP contribution in [0, 0.1) is 11.8 Å². The van der Waals surface area contributed by atoms with Crippen molar-refractivity contribution in [2.75, 3.05) is 26.4 Å². The third kappa shape index (κ3) is 10.6. The second-order valence-corrected chi connectivity index (χ2v) is 7.65. The second-order valence-electron chi connectivity index (χ2n) is 7.65. The van der Waals surface area contributed by atoms with Gasteiger partial charge in [0.25, 0.3) is 0 Å².